The maximum absolute atomic E-state index is 9.58. The maximum Gasteiger partial charge on any atom is 0.134 e. The molecule has 0 bridgehead atoms. The number of phenols is 1. The molecule has 1 aromatic rings. The Balaban J connectivity index is 2.91. The summed E-state index contributed by atoms with van der Waals surface area (Å²) in [5.41, 5.74) is 0.472. The molecule has 2 atom stereocenters. The molecule has 3 N–H and O–H groups in total. The molecular weight excluding hydrogens is 271 g/mol. The molecule has 0 amide bonds. The van der Waals surface area contributed by atoms with Gasteiger partial charge in [0.25, 0.3) is 0 Å². The van der Waals surface area contributed by atoms with Crippen molar-refractivity contribution >= 4 is 27.5 Å². The van der Waals surface area contributed by atoms with E-state index in [0.717, 1.165) is 0 Å². The smallest absolute Gasteiger partial charge is 0.134 e. The van der Waals surface area contributed by atoms with Gasteiger partial charge in [-0.15, -0.1) is 0 Å². The molecule has 0 radical (unpaired) electrons. The quantitative estimate of drug-likeness (QED) is 0.741. The van der Waals surface area contributed by atoms with Gasteiger partial charge in [-0.1, -0.05) is 33.6 Å². The maximum atomic E-state index is 9.58. The van der Waals surface area contributed by atoms with E-state index in [1.165, 1.54) is 18.2 Å². The highest BCUT2D eigenvalue weighted by atomic mass is 79.9. The highest BCUT2D eigenvalue weighted by Crippen LogP contribution is 2.28. The Bertz CT molecular complexity index is 319. The number of phenolic OH excluding ortho intramolecular Hbond substituents is 1. The Kier molecular flexibility index (Phi) is 4.19. The third kappa shape index (κ3) is 2.60. The largest absolute Gasteiger partial charge is 0.506 e. The van der Waals surface area contributed by atoms with Crippen LogP contribution < -0.4 is 0 Å². The first-order chi connectivity index (χ1) is 6.56. The number of aliphatic hydroxyl groups is 2. The zero-order chi connectivity index (χ0) is 10.7. The molecule has 14 heavy (non-hydrogen) atoms. The van der Waals surface area contributed by atoms with Crippen LogP contribution in [-0.4, -0.2) is 26.8 Å². The van der Waals surface area contributed by atoms with Gasteiger partial charge < -0.3 is 15.3 Å². The van der Waals surface area contributed by atoms with E-state index in [4.69, 9.17) is 16.7 Å². The summed E-state index contributed by atoms with van der Waals surface area (Å²) in [5.74, 6) is -0.0454. The fourth-order valence-corrected chi connectivity index (χ4v) is 1.56. The molecule has 0 spiro atoms. The van der Waals surface area contributed by atoms with E-state index < -0.39 is 12.2 Å². The van der Waals surface area contributed by atoms with Crippen LogP contribution in [0.2, 0.25) is 5.02 Å². The zero-order valence-corrected chi connectivity index (χ0v) is 9.53. The molecule has 0 saturated heterocycles. The Morgan fingerprint density at radius 1 is 1.36 bits per heavy atom. The fourth-order valence-electron chi connectivity index (χ4n) is 1.01. The molecular formula is C9H10BrClO3. The minimum absolute atomic E-state index is 0.0454. The van der Waals surface area contributed by atoms with Crippen LogP contribution in [0.3, 0.4) is 0 Å². The van der Waals surface area contributed by atoms with Gasteiger partial charge in [0.2, 0.25) is 0 Å². The minimum Gasteiger partial charge on any atom is -0.506 e. The molecule has 0 fully saturated rings. The Labute approximate surface area is 95.1 Å². The highest BCUT2D eigenvalue weighted by molar-refractivity contribution is 9.09. The van der Waals surface area contributed by atoms with Crippen LogP contribution in [0.5, 0.6) is 5.75 Å². The SMILES string of the molecule is Oc1ccc(C(O)C(O)CBr)cc1Cl. The van der Waals surface area contributed by atoms with E-state index in [1.807, 2.05) is 0 Å². The Hall–Kier alpha value is -0.290. The van der Waals surface area contributed by atoms with Crippen molar-refractivity contribution in [1.29, 1.82) is 0 Å². The summed E-state index contributed by atoms with van der Waals surface area (Å²) in [6.45, 7) is 0. The van der Waals surface area contributed by atoms with Crippen molar-refractivity contribution in [2.75, 3.05) is 5.33 Å². The highest BCUT2D eigenvalue weighted by Gasteiger charge is 2.17. The van der Waals surface area contributed by atoms with E-state index >= 15 is 0 Å². The predicted octanol–water partition coefficient (Wildman–Crippen LogP) is 1.83. The topological polar surface area (TPSA) is 60.7 Å². The molecule has 5 heteroatoms. The number of hydrogen-bond acceptors (Lipinski definition) is 3. The second-order valence-electron chi connectivity index (χ2n) is 2.88. The van der Waals surface area contributed by atoms with E-state index in [-0.39, 0.29) is 16.1 Å². The molecule has 0 aromatic heterocycles. The average Bonchev–Trinajstić information content (AvgIpc) is 2.20. The third-order valence-electron chi connectivity index (χ3n) is 1.84. The van der Waals surface area contributed by atoms with Gasteiger partial charge in [0.05, 0.1) is 11.1 Å². The van der Waals surface area contributed by atoms with Crippen LogP contribution in [0.4, 0.5) is 0 Å². The molecule has 0 aliphatic rings. The van der Waals surface area contributed by atoms with Crippen LogP contribution in [0.25, 0.3) is 0 Å². The van der Waals surface area contributed by atoms with E-state index in [9.17, 15) is 10.2 Å². The normalized spacial score (nSPS) is 15.1. The van der Waals surface area contributed by atoms with E-state index in [2.05, 4.69) is 15.9 Å². The second-order valence-corrected chi connectivity index (χ2v) is 3.93. The number of hydrogen-bond donors (Lipinski definition) is 3. The molecule has 78 valence electrons. The molecule has 1 aromatic carbocycles. The first kappa shape index (κ1) is 11.8. The second kappa shape index (κ2) is 4.98. The van der Waals surface area contributed by atoms with E-state index in [1.54, 1.807) is 0 Å². The van der Waals surface area contributed by atoms with Crippen LogP contribution in [0.1, 0.15) is 11.7 Å². The summed E-state index contributed by atoms with van der Waals surface area (Å²) in [4.78, 5) is 0. The first-order valence-electron chi connectivity index (χ1n) is 3.96. The summed E-state index contributed by atoms with van der Waals surface area (Å²) in [6, 6.07) is 4.31. The third-order valence-corrected chi connectivity index (χ3v) is 2.80. The van der Waals surface area contributed by atoms with Gasteiger partial charge in [0.1, 0.15) is 11.9 Å². The summed E-state index contributed by atoms with van der Waals surface area (Å²) < 4.78 is 0. The number of aliphatic hydroxyl groups excluding tert-OH is 2. The fraction of sp³-hybridized carbons (Fsp3) is 0.333. The summed E-state index contributed by atoms with van der Waals surface area (Å²) in [7, 11) is 0. The molecule has 1 rings (SSSR count). The van der Waals surface area contributed by atoms with Crippen molar-refractivity contribution in [3.05, 3.63) is 28.8 Å². The van der Waals surface area contributed by atoms with Crippen molar-refractivity contribution in [3.63, 3.8) is 0 Å². The molecule has 0 aliphatic heterocycles. The van der Waals surface area contributed by atoms with Crippen molar-refractivity contribution < 1.29 is 15.3 Å². The minimum atomic E-state index is -1.01. The Morgan fingerprint density at radius 2 is 2.00 bits per heavy atom. The van der Waals surface area contributed by atoms with E-state index in [0.29, 0.717) is 5.56 Å². The molecule has 2 unspecified atom stereocenters. The van der Waals surface area contributed by atoms with Gasteiger partial charge in [-0.3, -0.25) is 0 Å². The van der Waals surface area contributed by atoms with Crippen LogP contribution in [0.15, 0.2) is 18.2 Å². The van der Waals surface area contributed by atoms with Crippen molar-refractivity contribution in [1.82, 2.24) is 0 Å². The lowest BCUT2D eigenvalue weighted by atomic mass is 10.1. The van der Waals surface area contributed by atoms with Crippen LogP contribution in [0, 0.1) is 0 Å². The lowest BCUT2D eigenvalue weighted by molar-refractivity contribution is 0.0342. The number of benzene rings is 1. The van der Waals surface area contributed by atoms with Crippen LogP contribution >= 0.6 is 27.5 Å². The summed E-state index contributed by atoms with van der Waals surface area (Å²) in [5, 5.41) is 28.5. The van der Waals surface area contributed by atoms with Crippen LogP contribution in [-0.2, 0) is 0 Å². The number of aromatic hydroxyl groups is 1. The number of alkyl halides is 1. The van der Waals surface area contributed by atoms with Crippen molar-refractivity contribution in [2.24, 2.45) is 0 Å². The van der Waals surface area contributed by atoms with Gasteiger partial charge >= 0.3 is 0 Å². The molecule has 0 heterocycles. The molecule has 0 saturated carbocycles. The van der Waals surface area contributed by atoms with Gasteiger partial charge in [-0.05, 0) is 17.7 Å². The van der Waals surface area contributed by atoms with Crippen molar-refractivity contribution in [2.45, 2.75) is 12.2 Å². The summed E-state index contributed by atoms with van der Waals surface area (Å²) >= 11 is 8.70. The standard InChI is InChI=1S/C9H10BrClO3/c10-4-8(13)9(14)5-1-2-7(12)6(11)3-5/h1-3,8-9,12-14H,4H2. The Morgan fingerprint density at radius 3 is 2.50 bits per heavy atom. The van der Waals surface area contributed by atoms with Crippen molar-refractivity contribution in [3.8, 4) is 5.75 Å². The average molecular weight is 282 g/mol. The monoisotopic (exact) mass is 280 g/mol. The predicted molar refractivity (Wildman–Crippen MR) is 57.9 cm³/mol. The van der Waals surface area contributed by atoms with Gasteiger partial charge in [-0.2, -0.15) is 0 Å². The zero-order valence-electron chi connectivity index (χ0n) is 7.19. The number of halogens is 2. The van der Waals surface area contributed by atoms with Gasteiger partial charge in [-0.25, -0.2) is 0 Å². The lowest BCUT2D eigenvalue weighted by Gasteiger charge is -2.16. The first-order valence-corrected chi connectivity index (χ1v) is 5.46. The summed E-state index contributed by atoms with van der Waals surface area (Å²) in [6.07, 6.45) is -1.90. The number of rotatable bonds is 3. The lowest BCUT2D eigenvalue weighted by Crippen LogP contribution is -2.19. The van der Waals surface area contributed by atoms with Gasteiger partial charge in [0, 0.05) is 5.33 Å². The molecule has 3 nitrogen and oxygen atoms in total. The molecule has 0 aliphatic carbocycles. The van der Waals surface area contributed by atoms with Gasteiger partial charge in [0.15, 0.2) is 0 Å².